The zero-order valence-electron chi connectivity index (χ0n) is 34.8. The topological polar surface area (TPSA) is 31.4 Å². The Morgan fingerprint density at radius 1 is 0.483 bits per heavy atom. The van der Waals surface area contributed by atoms with Gasteiger partial charge in [0.2, 0.25) is 0 Å². The fourth-order valence-corrected chi connectivity index (χ4v) is 12.5. The lowest BCUT2D eigenvalue weighted by Gasteiger charge is -2.46. The summed E-state index contributed by atoms with van der Waals surface area (Å²) in [6, 6.07) is 33.3. The molecule has 0 unspecified atom stereocenters. The lowest BCUT2D eigenvalue weighted by Crippen LogP contribution is -2.54. The van der Waals surface area contributed by atoms with Crippen molar-refractivity contribution in [3.63, 3.8) is 0 Å². The van der Waals surface area contributed by atoms with Crippen molar-refractivity contribution in [1.29, 1.82) is 0 Å². The molecule has 4 aromatic carbocycles. The van der Waals surface area contributed by atoms with Crippen LogP contribution in [-0.4, -0.2) is 82.2 Å². The molecule has 0 bridgehead atoms. The molecule has 0 N–H and O–H groups in total. The molecule has 12 rings (SSSR count). The molecule has 0 aliphatic carbocycles. The number of hydrogen-bond acceptors (Lipinski definition) is 6. The normalized spacial score (nSPS) is 29.2. The minimum Gasteiger partial charge on any atom is -0.487 e. The van der Waals surface area contributed by atoms with Gasteiger partial charge in [-0.25, -0.2) is 0 Å². The first-order valence-corrected chi connectivity index (χ1v) is 23.2. The van der Waals surface area contributed by atoms with E-state index in [4.69, 9.17) is 9.47 Å². The van der Waals surface area contributed by atoms with Crippen molar-refractivity contribution >= 4 is 0 Å². The Morgan fingerprint density at radius 3 is 1.43 bits per heavy atom. The molecule has 4 saturated heterocycles. The fraction of sp³-hybridized carbons (Fsp3) is 0.538. The quantitative estimate of drug-likeness (QED) is 0.206. The average Bonchev–Trinajstić information content (AvgIpc) is 3.79. The third-order valence-corrected chi connectivity index (χ3v) is 15.6. The second kappa shape index (κ2) is 15.7. The number of hydrogen-bond donors (Lipinski definition) is 0. The third-order valence-electron chi connectivity index (χ3n) is 15.6. The molecule has 6 heteroatoms. The van der Waals surface area contributed by atoms with Crippen molar-refractivity contribution in [2.75, 3.05) is 39.3 Å². The highest BCUT2D eigenvalue weighted by atomic mass is 16.5. The number of ether oxygens (including phenoxy) is 2. The van der Waals surface area contributed by atoms with Gasteiger partial charge in [-0.15, -0.1) is 0 Å². The molecule has 304 valence electrons. The van der Waals surface area contributed by atoms with Gasteiger partial charge in [0.05, 0.1) is 0 Å². The Labute approximate surface area is 347 Å². The first kappa shape index (κ1) is 37.3. The van der Waals surface area contributed by atoms with E-state index in [9.17, 15) is 0 Å². The van der Waals surface area contributed by atoms with Crippen LogP contribution >= 0.6 is 0 Å². The van der Waals surface area contributed by atoms with Crippen molar-refractivity contribution < 1.29 is 9.47 Å². The predicted molar refractivity (Wildman–Crippen MR) is 232 cm³/mol. The van der Waals surface area contributed by atoms with E-state index in [0.717, 1.165) is 75.7 Å². The first-order chi connectivity index (χ1) is 28.5. The van der Waals surface area contributed by atoms with Gasteiger partial charge in [-0.3, -0.25) is 9.80 Å². The highest BCUT2D eigenvalue weighted by Gasteiger charge is 2.47. The van der Waals surface area contributed by atoms with Gasteiger partial charge in [0.25, 0.3) is 0 Å². The molecule has 8 heterocycles. The zero-order valence-corrected chi connectivity index (χ0v) is 34.8. The highest BCUT2D eigenvalue weighted by molar-refractivity contribution is 5.44. The predicted octanol–water partition coefficient (Wildman–Crippen LogP) is 9.13. The van der Waals surface area contributed by atoms with E-state index in [2.05, 4.69) is 105 Å². The van der Waals surface area contributed by atoms with Gasteiger partial charge < -0.3 is 19.3 Å². The summed E-state index contributed by atoms with van der Waals surface area (Å²) in [7, 11) is 0. The SMILES string of the molecule is c1ccc2c(c1)CCN(Cc1ccc3c(c1)C[C@@]1(CCN4CCCC[C@@H]4C1)O3)C2.c1ccc2c(c1)CCN(Cc1ccc3c(c1)C[C@]1(CCN4CCCC[C@H]4C1)O3)C2. The van der Waals surface area contributed by atoms with Crippen LogP contribution in [-0.2, 0) is 51.9 Å². The molecule has 4 atom stereocenters. The van der Waals surface area contributed by atoms with Crippen LogP contribution < -0.4 is 9.47 Å². The van der Waals surface area contributed by atoms with Crippen LogP contribution in [0.4, 0.5) is 0 Å². The van der Waals surface area contributed by atoms with Crippen molar-refractivity contribution in [3.8, 4) is 11.5 Å². The molecule has 0 saturated carbocycles. The van der Waals surface area contributed by atoms with Crippen molar-refractivity contribution in [3.05, 3.63) is 129 Å². The van der Waals surface area contributed by atoms with Gasteiger partial charge >= 0.3 is 0 Å². The molecule has 8 aliphatic heterocycles. The molecule has 4 fully saturated rings. The van der Waals surface area contributed by atoms with E-state index in [1.807, 2.05) is 0 Å². The first-order valence-electron chi connectivity index (χ1n) is 23.2. The molecular formula is C52H64N4O2. The molecule has 8 aliphatic rings. The average molecular weight is 777 g/mol. The molecule has 2 spiro atoms. The summed E-state index contributed by atoms with van der Waals surface area (Å²) >= 11 is 0. The molecule has 58 heavy (non-hydrogen) atoms. The number of rotatable bonds is 4. The Morgan fingerprint density at radius 2 is 0.948 bits per heavy atom. The highest BCUT2D eigenvalue weighted by Crippen LogP contribution is 2.46. The number of piperidine rings is 4. The fourth-order valence-electron chi connectivity index (χ4n) is 12.5. The summed E-state index contributed by atoms with van der Waals surface area (Å²) < 4.78 is 13.3. The van der Waals surface area contributed by atoms with Gasteiger partial charge in [-0.1, -0.05) is 85.6 Å². The van der Waals surface area contributed by atoms with E-state index in [1.165, 1.54) is 148 Å². The summed E-state index contributed by atoms with van der Waals surface area (Å²) in [6.07, 6.45) is 17.7. The Kier molecular flexibility index (Phi) is 10.1. The summed E-state index contributed by atoms with van der Waals surface area (Å²) in [6.45, 7) is 11.6. The number of benzene rings is 4. The van der Waals surface area contributed by atoms with Crippen LogP contribution in [0.2, 0.25) is 0 Å². The molecule has 0 aromatic heterocycles. The Bertz CT molecular complexity index is 1970. The maximum atomic E-state index is 6.64. The maximum Gasteiger partial charge on any atom is 0.123 e. The summed E-state index contributed by atoms with van der Waals surface area (Å²) in [5.41, 5.74) is 12.0. The van der Waals surface area contributed by atoms with Gasteiger partial charge in [0.15, 0.2) is 0 Å². The van der Waals surface area contributed by atoms with E-state index in [-0.39, 0.29) is 11.2 Å². The van der Waals surface area contributed by atoms with Crippen LogP contribution in [0.3, 0.4) is 0 Å². The van der Waals surface area contributed by atoms with E-state index < -0.39 is 0 Å². The van der Waals surface area contributed by atoms with E-state index >= 15 is 0 Å². The summed E-state index contributed by atoms with van der Waals surface area (Å²) in [5, 5.41) is 0. The van der Waals surface area contributed by atoms with Gasteiger partial charge in [-0.05, 0) is 108 Å². The molecule has 0 amide bonds. The maximum absolute atomic E-state index is 6.64. The molecule has 0 radical (unpaired) electrons. The number of nitrogens with zero attached hydrogens (tertiary/aromatic N) is 4. The van der Waals surface area contributed by atoms with Crippen LogP contribution in [0.15, 0.2) is 84.9 Å². The molecule has 6 nitrogen and oxygen atoms in total. The minimum absolute atomic E-state index is 0.0729. The summed E-state index contributed by atoms with van der Waals surface area (Å²) in [4.78, 5) is 10.6. The lowest BCUT2D eigenvalue weighted by atomic mass is 9.80. The third kappa shape index (κ3) is 7.64. The van der Waals surface area contributed by atoms with Gasteiger partial charge in [0, 0.05) is 103 Å². The second-order valence-electron chi connectivity index (χ2n) is 19.5. The van der Waals surface area contributed by atoms with Crippen molar-refractivity contribution in [1.82, 2.24) is 19.6 Å². The monoisotopic (exact) mass is 777 g/mol. The largest absolute Gasteiger partial charge is 0.487 e. The Balaban J connectivity index is 0.000000133. The lowest BCUT2D eigenvalue weighted by molar-refractivity contribution is -0.0252. The molecule has 4 aromatic rings. The van der Waals surface area contributed by atoms with Crippen LogP contribution in [0.25, 0.3) is 0 Å². The van der Waals surface area contributed by atoms with Crippen molar-refractivity contribution in [2.45, 2.75) is 139 Å². The van der Waals surface area contributed by atoms with Crippen LogP contribution in [0.1, 0.15) is 109 Å². The second-order valence-corrected chi connectivity index (χ2v) is 19.5. The summed E-state index contributed by atoms with van der Waals surface area (Å²) in [5.74, 6) is 2.31. The standard InChI is InChI=1S/2C26H32N2O/c2*1-2-6-22-19-27(13-10-21(22)5-1)18-20-8-9-25-23(15-20)16-26(29-25)11-14-28-12-4-3-7-24(28)17-26/h2*1-2,5-6,8-9,15,24H,3-4,7,10-14,16-19H2/t2*24-,26-/m10/s1. The van der Waals surface area contributed by atoms with Crippen molar-refractivity contribution in [2.24, 2.45) is 0 Å². The van der Waals surface area contributed by atoms with Gasteiger partial charge in [-0.2, -0.15) is 0 Å². The minimum atomic E-state index is 0.0729. The van der Waals surface area contributed by atoms with E-state index in [1.54, 1.807) is 0 Å². The zero-order chi connectivity index (χ0) is 38.5. The molecular weight excluding hydrogens is 713 g/mol. The Hall–Kier alpha value is -3.68. The van der Waals surface area contributed by atoms with E-state index in [0.29, 0.717) is 0 Å². The van der Waals surface area contributed by atoms with Crippen LogP contribution in [0.5, 0.6) is 11.5 Å². The van der Waals surface area contributed by atoms with Crippen LogP contribution in [0, 0.1) is 0 Å². The number of fused-ring (bicyclic) bond motifs is 6. The van der Waals surface area contributed by atoms with Gasteiger partial charge in [0.1, 0.15) is 22.7 Å². The smallest absolute Gasteiger partial charge is 0.123 e.